The molecule has 0 saturated carbocycles. The van der Waals surface area contributed by atoms with Gasteiger partial charge in [-0.15, -0.1) is 0 Å². The molecular weight excluding hydrogens is 436 g/mol. The van der Waals surface area contributed by atoms with Crippen molar-refractivity contribution in [1.29, 1.82) is 0 Å². The van der Waals surface area contributed by atoms with E-state index in [1.165, 1.54) is 16.9 Å². The first-order valence-electron chi connectivity index (χ1n) is 10.9. The molecule has 4 aromatic rings. The lowest BCUT2D eigenvalue weighted by Crippen LogP contribution is -2.28. The minimum Gasteiger partial charge on any atom is -0.373 e. The molecule has 6 rings (SSSR count). The highest BCUT2D eigenvalue weighted by Gasteiger charge is 2.30. The normalized spacial score (nSPS) is 14.4. The van der Waals surface area contributed by atoms with Crippen molar-refractivity contribution in [3.63, 3.8) is 0 Å². The highest BCUT2D eigenvalue weighted by molar-refractivity contribution is 7.19. The number of aromatic nitrogens is 5. The Bertz CT molecular complexity index is 1390. The van der Waals surface area contributed by atoms with Crippen molar-refractivity contribution in [2.45, 2.75) is 32.7 Å². The van der Waals surface area contributed by atoms with Gasteiger partial charge in [-0.2, -0.15) is 5.10 Å². The number of anilines is 2. The van der Waals surface area contributed by atoms with Crippen LogP contribution >= 0.6 is 11.3 Å². The van der Waals surface area contributed by atoms with Gasteiger partial charge in [0.15, 0.2) is 5.13 Å². The molecule has 2 bridgehead atoms. The molecule has 10 heteroatoms. The molecule has 9 nitrogen and oxygen atoms in total. The van der Waals surface area contributed by atoms with Gasteiger partial charge >= 0.3 is 6.03 Å². The van der Waals surface area contributed by atoms with Crippen LogP contribution in [0, 0.1) is 6.92 Å². The van der Waals surface area contributed by atoms with Gasteiger partial charge in [0.1, 0.15) is 5.82 Å². The lowest BCUT2D eigenvalue weighted by atomic mass is 10.0. The number of pyridine rings is 2. The van der Waals surface area contributed by atoms with Gasteiger partial charge in [0, 0.05) is 42.7 Å². The number of nitrogens with zero attached hydrogens (tertiary/aromatic N) is 5. The molecule has 1 aliphatic carbocycles. The first-order valence-corrected chi connectivity index (χ1v) is 11.7. The molecule has 5 heterocycles. The monoisotopic (exact) mass is 458 g/mol. The van der Waals surface area contributed by atoms with Crippen molar-refractivity contribution in [1.82, 2.24) is 30.0 Å². The van der Waals surface area contributed by atoms with Gasteiger partial charge in [0.25, 0.3) is 0 Å². The van der Waals surface area contributed by atoms with Crippen LogP contribution < -0.4 is 16.0 Å². The van der Waals surface area contributed by atoms with Crippen molar-refractivity contribution in [2.24, 2.45) is 0 Å². The van der Waals surface area contributed by atoms with Gasteiger partial charge in [-0.25, -0.2) is 19.4 Å². The fraction of sp³-hybridized carbons (Fsp3) is 0.261. The van der Waals surface area contributed by atoms with Gasteiger partial charge in [0.2, 0.25) is 0 Å². The first-order chi connectivity index (χ1) is 16.1. The summed E-state index contributed by atoms with van der Waals surface area (Å²) >= 11 is 1.50. The van der Waals surface area contributed by atoms with Crippen LogP contribution in [0.25, 0.3) is 27.5 Å². The van der Waals surface area contributed by atoms with Gasteiger partial charge < -0.3 is 10.6 Å². The fourth-order valence-corrected chi connectivity index (χ4v) is 5.61. The number of hydrogen-bond acceptors (Lipinski definition) is 7. The van der Waals surface area contributed by atoms with E-state index in [2.05, 4.69) is 32.0 Å². The summed E-state index contributed by atoms with van der Waals surface area (Å²) < 4.78 is 2.01. The van der Waals surface area contributed by atoms with E-state index in [1.807, 2.05) is 37.0 Å². The molecule has 2 amide bonds. The Kier molecular flexibility index (Phi) is 4.61. The molecule has 0 atom stereocenters. The third-order valence-corrected chi connectivity index (χ3v) is 7.11. The van der Waals surface area contributed by atoms with Gasteiger partial charge in [-0.3, -0.25) is 10.3 Å². The quantitative estimate of drug-likeness (QED) is 0.420. The molecule has 0 spiro atoms. The highest BCUT2D eigenvalue weighted by atomic mass is 32.1. The summed E-state index contributed by atoms with van der Waals surface area (Å²) in [5.41, 5.74) is 7.80. The Morgan fingerprint density at radius 1 is 1.18 bits per heavy atom. The Morgan fingerprint density at radius 3 is 2.91 bits per heavy atom. The third kappa shape index (κ3) is 3.25. The Morgan fingerprint density at radius 2 is 2.09 bits per heavy atom. The summed E-state index contributed by atoms with van der Waals surface area (Å²) in [6.45, 7) is 2.34. The third-order valence-electron chi connectivity index (χ3n) is 6.09. The minimum atomic E-state index is -0.268. The lowest BCUT2D eigenvalue weighted by Gasteiger charge is -2.15. The molecule has 4 aromatic heterocycles. The average molecular weight is 459 g/mol. The van der Waals surface area contributed by atoms with Crippen LogP contribution in [0.15, 0.2) is 30.6 Å². The molecule has 1 aliphatic heterocycles. The SMILES string of the molecule is CNc1ccc(-c2nn3c4c2CCCc2nc(sc2-4)NC(=O)NCc2ccnc(C)c2-3)cn1. The van der Waals surface area contributed by atoms with Crippen molar-refractivity contribution < 1.29 is 4.79 Å². The molecule has 0 fully saturated rings. The van der Waals surface area contributed by atoms with Crippen LogP contribution in [0.1, 0.15) is 28.9 Å². The van der Waals surface area contributed by atoms with Crippen LogP contribution in [-0.2, 0) is 19.4 Å². The number of carbonyl (C=O) groups excluding carboxylic acids is 1. The van der Waals surface area contributed by atoms with E-state index in [4.69, 9.17) is 10.1 Å². The first kappa shape index (κ1) is 19.9. The number of nitrogens with one attached hydrogen (secondary N) is 3. The summed E-state index contributed by atoms with van der Waals surface area (Å²) in [6, 6.07) is 5.69. The van der Waals surface area contributed by atoms with Gasteiger partial charge in [0.05, 0.1) is 33.3 Å². The molecule has 0 radical (unpaired) electrons. The average Bonchev–Trinajstić information content (AvgIpc) is 3.32. The van der Waals surface area contributed by atoms with E-state index in [-0.39, 0.29) is 6.03 Å². The zero-order valence-corrected chi connectivity index (χ0v) is 19.1. The van der Waals surface area contributed by atoms with E-state index in [9.17, 15) is 4.79 Å². The summed E-state index contributed by atoms with van der Waals surface area (Å²) in [7, 11) is 1.86. The number of aryl methyl sites for hydroxylation is 2. The lowest BCUT2D eigenvalue weighted by molar-refractivity contribution is 0.251. The van der Waals surface area contributed by atoms with E-state index in [0.29, 0.717) is 11.7 Å². The highest BCUT2D eigenvalue weighted by Crippen LogP contribution is 2.44. The summed E-state index contributed by atoms with van der Waals surface area (Å²) in [6.07, 6.45) is 6.32. The van der Waals surface area contributed by atoms with Crippen LogP contribution in [0.3, 0.4) is 0 Å². The smallest absolute Gasteiger partial charge is 0.321 e. The summed E-state index contributed by atoms with van der Waals surface area (Å²) in [5, 5.41) is 14.7. The molecule has 3 N–H and O–H groups in total. The zero-order chi connectivity index (χ0) is 22.5. The van der Waals surface area contributed by atoms with Crippen LogP contribution in [0.2, 0.25) is 0 Å². The molecule has 2 aliphatic rings. The van der Waals surface area contributed by atoms with Gasteiger partial charge in [-0.1, -0.05) is 11.3 Å². The Balaban J connectivity index is 1.68. The molecular formula is C23H22N8OS. The second-order valence-corrected chi connectivity index (χ2v) is 9.13. The van der Waals surface area contributed by atoms with E-state index in [1.54, 1.807) is 6.20 Å². The predicted molar refractivity (Wildman–Crippen MR) is 128 cm³/mol. The number of thiazole rings is 1. The number of amides is 2. The molecule has 33 heavy (non-hydrogen) atoms. The number of rotatable bonds is 2. The van der Waals surface area contributed by atoms with Gasteiger partial charge in [-0.05, 0) is 44.4 Å². The second kappa shape index (κ2) is 7.66. The molecule has 166 valence electrons. The largest absolute Gasteiger partial charge is 0.373 e. The Labute approximate surface area is 194 Å². The number of urea groups is 1. The van der Waals surface area contributed by atoms with Crippen LogP contribution in [0.4, 0.5) is 15.7 Å². The maximum absolute atomic E-state index is 12.5. The van der Waals surface area contributed by atoms with E-state index in [0.717, 1.165) is 69.5 Å². The molecule has 0 unspecified atom stereocenters. The number of hydrogen-bond donors (Lipinski definition) is 3. The number of carbonyl (C=O) groups is 1. The second-order valence-electron chi connectivity index (χ2n) is 8.13. The minimum absolute atomic E-state index is 0.268. The fourth-order valence-electron chi connectivity index (χ4n) is 4.55. The van der Waals surface area contributed by atoms with E-state index < -0.39 is 0 Å². The van der Waals surface area contributed by atoms with Crippen LogP contribution in [0.5, 0.6) is 0 Å². The number of fused-ring (bicyclic) bond motifs is 3. The summed E-state index contributed by atoms with van der Waals surface area (Å²) in [5.74, 6) is 0.813. The molecule has 0 saturated heterocycles. The Hall–Kier alpha value is -3.79. The van der Waals surface area contributed by atoms with Crippen molar-refractivity contribution >= 4 is 28.3 Å². The van der Waals surface area contributed by atoms with Crippen molar-refractivity contribution in [3.05, 3.63) is 53.1 Å². The van der Waals surface area contributed by atoms with Crippen molar-refractivity contribution in [2.75, 3.05) is 17.7 Å². The van der Waals surface area contributed by atoms with Crippen LogP contribution in [-0.4, -0.2) is 37.8 Å². The maximum Gasteiger partial charge on any atom is 0.321 e. The predicted octanol–water partition coefficient (Wildman–Crippen LogP) is 3.93. The molecule has 0 aromatic carbocycles. The zero-order valence-electron chi connectivity index (χ0n) is 18.3. The maximum atomic E-state index is 12.5. The summed E-state index contributed by atoms with van der Waals surface area (Å²) in [4.78, 5) is 27.4. The van der Waals surface area contributed by atoms with E-state index >= 15 is 0 Å². The standard InChI is InChI=1S/C23H22N8OS/c1-12-19-14(8-9-25-12)11-27-22(32)29-23-28-16-5-3-4-15-18(13-6-7-17(24-2)26-10-13)30-31(19)20(15)21(16)33-23/h6-10H,3-5,11H2,1-2H3,(H,24,26)(H2,27,28,29,32). The van der Waals surface area contributed by atoms with Crippen molar-refractivity contribution in [3.8, 4) is 27.5 Å². The topological polar surface area (TPSA) is 110 Å².